The molecule has 1 saturated carbocycles. The summed E-state index contributed by atoms with van der Waals surface area (Å²) < 4.78 is 1.92. The van der Waals surface area contributed by atoms with Crippen LogP contribution in [0.4, 0.5) is 0 Å². The monoisotopic (exact) mass is 250 g/mol. The van der Waals surface area contributed by atoms with Crippen LogP contribution in [-0.4, -0.2) is 21.0 Å². The van der Waals surface area contributed by atoms with Gasteiger partial charge in [0, 0.05) is 19.2 Å². The summed E-state index contributed by atoms with van der Waals surface area (Å²) in [5.74, 6) is 0.427. The Morgan fingerprint density at radius 1 is 1.50 bits per heavy atom. The van der Waals surface area contributed by atoms with E-state index in [0.717, 1.165) is 24.9 Å². The zero-order chi connectivity index (χ0) is 13.2. The molecule has 0 bridgehead atoms. The lowest BCUT2D eigenvalue weighted by Gasteiger charge is -2.41. The van der Waals surface area contributed by atoms with Gasteiger partial charge in [0.05, 0.1) is 12.3 Å². The molecule has 1 N–H and O–H groups in total. The summed E-state index contributed by atoms with van der Waals surface area (Å²) in [7, 11) is 0. The number of aromatic nitrogens is 2. The zero-order valence-corrected chi connectivity index (χ0v) is 11.9. The van der Waals surface area contributed by atoms with Crippen molar-refractivity contribution in [1.82, 2.24) is 9.78 Å². The molecule has 0 amide bonds. The van der Waals surface area contributed by atoms with Crippen LogP contribution in [0.25, 0.3) is 0 Å². The molecular weight excluding hydrogens is 224 g/mol. The fourth-order valence-corrected chi connectivity index (χ4v) is 3.30. The van der Waals surface area contributed by atoms with E-state index in [1.165, 1.54) is 19.3 Å². The second kappa shape index (κ2) is 5.43. The van der Waals surface area contributed by atoms with Crippen LogP contribution in [-0.2, 0) is 13.0 Å². The van der Waals surface area contributed by atoms with Crippen LogP contribution in [0.5, 0.6) is 0 Å². The third-order valence-electron chi connectivity index (χ3n) is 4.51. The first-order valence-electron chi connectivity index (χ1n) is 7.22. The maximum absolute atomic E-state index is 10.5. The third kappa shape index (κ3) is 2.94. The highest BCUT2D eigenvalue weighted by molar-refractivity contribution is 5.06. The summed E-state index contributed by atoms with van der Waals surface area (Å²) in [6.45, 7) is 7.58. The number of hydrogen-bond acceptors (Lipinski definition) is 2. The highest BCUT2D eigenvalue weighted by Crippen LogP contribution is 2.42. The van der Waals surface area contributed by atoms with Gasteiger partial charge in [-0.3, -0.25) is 4.68 Å². The molecule has 0 aliphatic heterocycles. The second-order valence-corrected chi connectivity index (χ2v) is 6.32. The Hall–Kier alpha value is -0.830. The molecule has 102 valence electrons. The number of aliphatic hydroxyl groups is 1. The lowest BCUT2D eigenvalue weighted by atomic mass is 9.66. The van der Waals surface area contributed by atoms with E-state index >= 15 is 0 Å². The standard InChI is InChI=1S/C15H26N2O/c1-4-17-11-12(10-16-17)9-14(18)13-7-5-6-8-15(13,2)3/h10-11,13-14,18H,4-9H2,1-3H3. The van der Waals surface area contributed by atoms with Gasteiger partial charge < -0.3 is 5.11 Å². The van der Waals surface area contributed by atoms with Gasteiger partial charge in [0.25, 0.3) is 0 Å². The van der Waals surface area contributed by atoms with Crippen LogP contribution >= 0.6 is 0 Å². The first-order chi connectivity index (χ1) is 8.53. The predicted octanol–water partition coefficient (Wildman–Crippen LogP) is 3.02. The molecule has 1 aromatic rings. The Morgan fingerprint density at radius 3 is 2.89 bits per heavy atom. The number of nitrogens with zero attached hydrogens (tertiary/aromatic N) is 2. The summed E-state index contributed by atoms with van der Waals surface area (Å²) in [5, 5.41) is 14.8. The molecular formula is C15H26N2O. The van der Waals surface area contributed by atoms with E-state index in [9.17, 15) is 5.11 Å². The minimum absolute atomic E-state index is 0.227. The van der Waals surface area contributed by atoms with Crippen LogP contribution in [0, 0.1) is 11.3 Å². The van der Waals surface area contributed by atoms with Gasteiger partial charge in [-0.05, 0) is 36.7 Å². The molecule has 3 nitrogen and oxygen atoms in total. The van der Waals surface area contributed by atoms with Gasteiger partial charge in [-0.1, -0.05) is 26.7 Å². The topological polar surface area (TPSA) is 38.0 Å². The highest BCUT2D eigenvalue weighted by Gasteiger charge is 2.36. The van der Waals surface area contributed by atoms with Gasteiger partial charge in [0.1, 0.15) is 0 Å². The Bertz CT molecular complexity index is 384. The van der Waals surface area contributed by atoms with Crippen molar-refractivity contribution in [1.29, 1.82) is 0 Å². The number of aryl methyl sites for hydroxylation is 1. The lowest BCUT2D eigenvalue weighted by molar-refractivity contribution is 0.00579. The van der Waals surface area contributed by atoms with Crippen molar-refractivity contribution < 1.29 is 5.11 Å². The minimum Gasteiger partial charge on any atom is -0.392 e. The van der Waals surface area contributed by atoms with E-state index < -0.39 is 0 Å². The zero-order valence-electron chi connectivity index (χ0n) is 11.9. The van der Waals surface area contributed by atoms with Crippen molar-refractivity contribution in [2.75, 3.05) is 0 Å². The molecule has 0 radical (unpaired) electrons. The number of aliphatic hydroxyl groups excluding tert-OH is 1. The van der Waals surface area contributed by atoms with E-state index in [-0.39, 0.29) is 11.5 Å². The third-order valence-corrected chi connectivity index (χ3v) is 4.51. The Labute approximate surface area is 110 Å². The van der Waals surface area contributed by atoms with Crippen molar-refractivity contribution in [3.8, 4) is 0 Å². The first kappa shape index (κ1) is 13.6. The lowest BCUT2D eigenvalue weighted by Crippen LogP contribution is -2.37. The SMILES string of the molecule is CCn1cc(CC(O)C2CCCCC2(C)C)cn1. The molecule has 1 aromatic heterocycles. The van der Waals surface area contributed by atoms with Crippen molar-refractivity contribution in [3.63, 3.8) is 0 Å². The predicted molar refractivity (Wildman–Crippen MR) is 73.4 cm³/mol. The fourth-order valence-electron chi connectivity index (χ4n) is 3.30. The van der Waals surface area contributed by atoms with Crippen LogP contribution in [0.3, 0.4) is 0 Å². The van der Waals surface area contributed by atoms with E-state index in [2.05, 4.69) is 32.1 Å². The van der Waals surface area contributed by atoms with Gasteiger partial charge in [-0.25, -0.2) is 0 Å². The second-order valence-electron chi connectivity index (χ2n) is 6.32. The average molecular weight is 250 g/mol. The van der Waals surface area contributed by atoms with Crippen molar-refractivity contribution in [2.24, 2.45) is 11.3 Å². The van der Waals surface area contributed by atoms with Crippen LogP contribution in [0.15, 0.2) is 12.4 Å². The largest absolute Gasteiger partial charge is 0.392 e. The molecule has 3 heteroatoms. The summed E-state index contributed by atoms with van der Waals surface area (Å²) in [4.78, 5) is 0. The first-order valence-corrected chi connectivity index (χ1v) is 7.22. The maximum atomic E-state index is 10.5. The molecule has 1 heterocycles. The molecule has 1 aliphatic carbocycles. The minimum atomic E-state index is -0.227. The van der Waals surface area contributed by atoms with Crippen LogP contribution in [0.1, 0.15) is 52.0 Å². The molecule has 1 fully saturated rings. The summed E-state index contributed by atoms with van der Waals surface area (Å²) in [5.41, 5.74) is 1.43. The molecule has 1 aliphatic rings. The molecule has 18 heavy (non-hydrogen) atoms. The van der Waals surface area contributed by atoms with Crippen molar-refractivity contribution >= 4 is 0 Å². The van der Waals surface area contributed by atoms with Gasteiger partial charge in [-0.15, -0.1) is 0 Å². The molecule has 2 rings (SSSR count). The van der Waals surface area contributed by atoms with Gasteiger partial charge in [-0.2, -0.15) is 5.10 Å². The Balaban J connectivity index is 2.00. The smallest absolute Gasteiger partial charge is 0.0614 e. The molecule has 0 saturated heterocycles. The summed E-state index contributed by atoms with van der Waals surface area (Å²) in [6.07, 6.45) is 9.44. The quantitative estimate of drug-likeness (QED) is 0.892. The summed E-state index contributed by atoms with van der Waals surface area (Å²) in [6, 6.07) is 0. The Kier molecular flexibility index (Phi) is 4.10. The van der Waals surface area contributed by atoms with Gasteiger partial charge >= 0.3 is 0 Å². The number of rotatable bonds is 4. The highest BCUT2D eigenvalue weighted by atomic mass is 16.3. The molecule has 0 spiro atoms. The Morgan fingerprint density at radius 2 is 2.28 bits per heavy atom. The fraction of sp³-hybridized carbons (Fsp3) is 0.800. The van der Waals surface area contributed by atoms with Gasteiger partial charge in [0.2, 0.25) is 0 Å². The van der Waals surface area contributed by atoms with Crippen molar-refractivity contribution in [2.45, 2.75) is 65.5 Å². The van der Waals surface area contributed by atoms with E-state index in [4.69, 9.17) is 0 Å². The van der Waals surface area contributed by atoms with E-state index in [1.54, 1.807) is 0 Å². The van der Waals surface area contributed by atoms with E-state index in [0.29, 0.717) is 5.92 Å². The van der Waals surface area contributed by atoms with Crippen LogP contribution in [0.2, 0.25) is 0 Å². The summed E-state index contributed by atoms with van der Waals surface area (Å²) >= 11 is 0. The maximum Gasteiger partial charge on any atom is 0.0614 e. The molecule has 2 atom stereocenters. The molecule has 2 unspecified atom stereocenters. The van der Waals surface area contributed by atoms with Gasteiger partial charge in [0.15, 0.2) is 0 Å². The normalized spacial score (nSPS) is 25.0. The molecule has 0 aromatic carbocycles. The average Bonchev–Trinajstić information content (AvgIpc) is 2.76. The van der Waals surface area contributed by atoms with Crippen LogP contribution < -0.4 is 0 Å². The number of hydrogen-bond donors (Lipinski definition) is 1. The van der Waals surface area contributed by atoms with E-state index in [1.807, 2.05) is 10.9 Å². The van der Waals surface area contributed by atoms with Crippen molar-refractivity contribution in [3.05, 3.63) is 18.0 Å².